The van der Waals surface area contributed by atoms with E-state index in [4.69, 9.17) is 39.4 Å². The fraction of sp³-hybridized carbons (Fsp3) is 1.00. The summed E-state index contributed by atoms with van der Waals surface area (Å²) in [4.78, 5) is 4.28. The van der Waals surface area contributed by atoms with Crippen LogP contribution >= 0.6 is 0 Å². The van der Waals surface area contributed by atoms with Crippen molar-refractivity contribution < 1.29 is 39.4 Å². The van der Waals surface area contributed by atoms with Crippen LogP contribution in [0.2, 0.25) is 0 Å². The van der Waals surface area contributed by atoms with Gasteiger partial charge in [-0.15, -0.1) is 0 Å². The fourth-order valence-electron chi connectivity index (χ4n) is 2.97. The molecule has 0 spiro atoms. The Bertz CT molecular complexity index is 294. The van der Waals surface area contributed by atoms with Gasteiger partial charge in [0.25, 0.3) is 0 Å². The number of hydrogen-bond donors (Lipinski definition) is 4. The summed E-state index contributed by atoms with van der Waals surface area (Å²) in [6, 6.07) is 0. The van der Waals surface area contributed by atoms with Gasteiger partial charge in [-0.1, -0.05) is 0 Å². The molecule has 0 amide bonds. The van der Waals surface area contributed by atoms with Crippen LogP contribution in [0.25, 0.3) is 0 Å². The second-order valence-corrected chi connectivity index (χ2v) is 6.94. The SMILES string of the molecule is CC(CN(CCN(CC(C)OCO)CC(C)OCO)CC(C)OCO)OCO. The molecule has 0 radical (unpaired) electrons. The third kappa shape index (κ3) is 14.6. The first-order valence-corrected chi connectivity index (χ1v) is 9.70. The van der Waals surface area contributed by atoms with Crippen molar-refractivity contribution in [2.45, 2.75) is 52.1 Å². The summed E-state index contributed by atoms with van der Waals surface area (Å²) in [7, 11) is 0. The van der Waals surface area contributed by atoms with Crippen molar-refractivity contribution in [3.8, 4) is 0 Å². The third-order valence-electron chi connectivity index (χ3n) is 4.23. The first-order chi connectivity index (χ1) is 13.4. The van der Waals surface area contributed by atoms with Crippen LogP contribution in [0.5, 0.6) is 0 Å². The molecule has 0 saturated carbocycles. The van der Waals surface area contributed by atoms with Gasteiger partial charge in [-0.25, -0.2) is 0 Å². The lowest BCUT2D eigenvalue weighted by molar-refractivity contribution is -0.0805. The Hall–Kier alpha value is -0.400. The van der Waals surface area contributed by atoms with Gasteiger partial charge < -0.3 is 39.4 Å². The van der Waals surface area contributed by atoms with Crippen LogP contribution in [-0.2, 0) is 18.9 Å². The number of hydrogen-bond acceptors (Lipinski definition) is 10. The van der Waals surface area contributed by atoms with E-state index in [1.54, 1.807) is 0 Å². The first kappa shape index (κ1) is 27.6. The van der Waals surface area contributed by atoms with E-state index in [1.807, 2.05) is 27.7 Å². The predicted molar refractivity (Wildman–Crippen MR) is 103 cm³/mol. The smallest absolute Gasteiger partial charge is 0.143 e. The summed E-state index contributed by atoms with van der Waals surface area (Å²) in [5.74, 6) is 0. The lowest BCUT2D eigenvalue weighted by Gasteiger charge is -2.32. The minimum atomic E-state index is -0.337. The molecule has 28 heavy (non-hydrogen) atoms. The van der Waals surface area contributed by atoms with Gasteiger partial charge in [-0.3, -0.25) is 9.80 Å². The van der Waals surface area contributed by atoms with Crippen LogP contribution in [0.3, 0.4) is 0 Å². The quantitative estimate of drug-likeness (QED) is 0.197. The van der Waals surface area contributed by atoms with Crippen LogP contribution in [0.1, 0.15) is 27.7 Å². The molecule has 0 aromatic heterocycles. The molecular formula is C18H40N2O8. The van der Waals surface area contributed by atoms with E-state index in [-0.39, 0.29) is 51.6 Å². The maximum atomic E-state index is 8.96. The Balaban J connectivity index is 4.86. The molecule has 0 bridgehead atoms. The van der Waals surface area contributed by atoms with Crippen LogP contribution in [0.15, 0.2) is 0 Å². The summed E-state index contributed by atoms with van der Waals surface area (Å²) in [6.07, 6.45) is -0.637. The Labute approximate surface area is 168 Å². The molecule has 0 saturated heterocycles. The summed E-state index contributed by atoms with van der Waals surface area (Å²) >= 11 is 0. The van der Waals surface area contributed by atoms with E-state index in [9.17, 15) is 0 Å². The molecular weight excluding hydrogens is 372 g/mol. The number of rotatable bonds is 19. The highest BCUT2D eigenvalue weighted by atomic mass is 16.6. The molecule has 0 aromatic carbocycles. The highest BCUT2D eigenvalue weighted by molar-refractivity contribution is 4.72. The van der Waals surface area contributed by atoms with Crippen molar-refractivity contribution in [2.75, 3.05) is 66.4 Å². The van der Waals surface area contributed by atoms with E-state index in [0.717, 1.165) is 0 Å². The average molecular weight is 413 g/mol. The molecule has 0 rings (SSSR count). The van der Waals surface area contributed by atoms with Gasteiger partial charge in [0.1, 0.15) is 27.2 Å². The predicted octanol–water partition coefficient (Wildman–Crippen LogP) is -0.990. The van der Waals surface area contributed by atoms with Gasteiger partial charge in [-0.05, 0) is 27.7 Å². The summed E-state index contributed by atoms with van der Waals surface area (Å²) in [6.45, 7) is 9.94. The van der Waals surface area contributed by atoms with Crippen molar-refractivity contribution in [1.29, 1.82) is 0 Å². The standard InChI is InChI=1S/C18H40N2O8/c1-15(25-11-21)7-19(8-16(2)26-12-22)5-6-20(9-17(3)27-13-23)10-18(4)28-14-24/h15-18,21-24H,5-14H2,1-4H3. The molecule has 170 valence electrons. The lowest BCUT2D eigenvalue weighted by atomic mass is 10.2. The normalized spacial score (nSPS) is 16.5. The second-order valence-electron chi connectivity index (χ2n) is 6.94. The molecule has 10 heteroatoms. The zero-order valence-corrected chi connectivity index (χ0v) is 17.7. The minimum absolute atomic E-state index is 0.159. The number of aliphatic hydroxyl groups excluding tert-OH is 4. The number of ether oxygens (including phenoxy) is 4. The number of nitrogens with zero attached hydrogens (tertiary/aromatic N) is 2. The fourth-order valence-corrected chi connectivity index (χ4v) is 2.97. The molecule has 0 aromatic rings. The maximum Gasteiger partial charge on any atom is 0.143 e. The van der Waals surface area contributed by atoms with Gasteiger partial charge >= 0.3 is 0 Å². The topological polar surface area (TPSA) is 124 Å². The van der Waals surface area contributed by atoms with Crippen molar-refractivity contribution in [3.63, 3.8) is 0 Å². The van der Waals surface area contributed by atoms with Crippen LogP contribution in [-0.4, -0.2) is 121 Å². The summed E-state index contributed by atoms with van der Waals surface area (Å²) < 4.78 is 20.9. The van der Waals surface area contributed by atoms with Crippen LogP contribution in [0.4, 0.5) is 0 Å². The largest absolute Gasteiger partial charge is 0.371 e. The van der Waals surface area contributed by atoms with Crippen molar-refractivity contribution in [1.82, 2.24) is 9.80 Å². The lowest BCUT2D eigenvalue weighted by Crippen LogP contribution is -2.45. The molecule has 0 aliphatic heterocycles. The first-order valence-electron chi connectivity index (χ1n) is 9.70. The Morgan fingerprint density at radius 2 is 0.714 bits per heavy atom. The van der Waals surface area contributed by atoms with Gasteiger partial charge in [0.15, 0.2) is 0 Å². The van der Waals surface area contributed by atoms with E-state index < -0.39 is 0 Å². The van der Waals surface area contributed by atoms with Gasteiger partial charge in [-0.2, -0.15) is 0 Å². The molecule has 10 nitrogen and oxygen atoms in total. The Morgan fingerprint density at radius 1 is 0.500 bits per heavy atom. The van der Waals surface area contributed by atoms with Crippen LogP contribution in [0, 0.1) is 0 Å². The van der Waals surface area contributed by atoms with Gasteiger partial charge in [0.05, 0.1) is 24.4 Å². The summed E-state index contributed by atoms with van der Waals surface area (Å²) in [5.41, 5.74) is 0. The monoisotopic (exact) mass is 412 g/mol. The molecule has 0 aliphatic carbocycles. The highest BCUT2D eigenvalue weighted by Crippen LogP contribution is 2.05. The Morgan fingerprint density at radius 3 is 0.893 bits per heavy atom. The van der Waals surface area contributed by atoms with Gasteiger partial charge in [0, 0.05) is 39.3 Å². The van der Waals surface area contributed by atoms with Crippen molar-refractivity contribution >= 4 is 0 Å². The van der Waals surface area contributed by atoms with Gasteiger partial charge in [0.2, 0.25) is 0 Å². The molecule has 0 aliphatic rings. The zero-order chi connectivity index (χ0) is 21.4. The zero-order valence-electron chi connectivity index (χ0n) is 17.7. The number of aliphatic hydroxyl groups is 4. The molecule has 4 atom stereocenters. The second kappa shape index (κ2) is 17.5. The molecule has 4 unspecified atom stereocenters. The Kier molecular flexibility index (Phi) is 17.2. The highest BCUT2D eigenvalue weighted by Gasteiger charge is 2.19. The molecule has 0 heterocycles. The molecule has 0 fully saturated rings. The van der Waals surface area contributed by atoms with Crippen molar-refractivity contribution in [3.05, 3.63) is 0 Å². The average Bonchev–Trinajstić information content (AvgIpc) is 2.60. The minimum Gasteiger partial charge on any atom is -0.371 e. The van der Waals surface area contributed by atoms with E-state index in [0.29, 0.717) is 39.3 Å². The third-order valence-corrected chi connectivity index (χ3v) is 4.23. The summed E-state index contributed by atoms with van der Waals surface area (Å²) in [5, 5.41) is 35.8. The van der Waals surface area contributed by atoms with E-state index in [2.05, 4.69) is 9.80 Å². The van der Waals surface area contributed by atoms with Crippen molar-refractivity contribution in [2.24, 2.45) is 0 Å². The van der Waals surface area contributed by atoms with Crippen LogP contribution < -0.4 is 0 Å². The molecule has 4 N–H and O–H groups in total. The maximum absolute atomic E-state index is 8.96. The van der Waals surface area contributed by atoms with E-state index >= 15 is 0 Å². The van der Waals surface area contributed by atoms with E-state index in [1.165, 1.54) is 0 Å².